The van der Waals surface area contributed by atoms with Crippen molar-refractivity contribution in [3.8, 4) is 11.4 Å². The van der Waals surface area contributed by atoms with Gasteiger partial charge in [0.2, 0.25) is 5.91 Å². The van der Waals surface area contributed by atoms with E-state index in [1.165, 1.54) is 11.8 Å². The highest BCUT2D eigenvalue weighted by Crippen LogP contribution is 2.23. The van der Waals surface area contributed by atoms with Gasteiger partial charge in [-0.2, -0.15) is 0 Å². The number of halogens is 1. The predicted octanol–water partition coefficient (Wildman–Crippen LogP) is 3.78. The molecule has 4 rings (SSSR count). The van der Waals surface area contributed by atoms with E-state index in [0.29, 0.717) is 28.1 Å². The second-order valence-corrected chi connectivity index (χ2v) is 9.01. The number of hydrogen-bond donors (Lipinski definition) is 1. The molecule has 0 radical (unpaired) electrons. The summed E-state index contributed by atoms with van der Waals surface area (Å²) >= 11 is 7.27. The molecule has 0 bridgehead atoms. The van der Waals surface area contributed by atoms with Crippen LogP contribution in [-0.4, -0.2) is 50.3 Å². The second kappa shape index (κ2) is 10.2. The van der Waals surface area contributed by atoms with Crippen molar-refractivity contribution in [1.82, 2.24) is 25.0 Å². The Morgan fingerprint density at radius 3 is 2.41 bits per heavy atom. The summed E-state index contributed by atoms with van der Waals surface area (Å²) in [6.07, 6.45) is 2.15. The molecule has 1 saturated heterocycles. The Morgan fingerprint density at radius 2 is 1.72 bits per heavy atom. The molecule has 1 aliphatic rings. The van der Waals surface area contributed by atoms with Gasteiger partial charge >= 0.3 is 0 Å². The van der Waals surface area contributed by atoms with E-state index < -0.39 is 0 Å². The van der Waals surface area contributed by atoms with Crippen LogP contribution in [0.15, 0.2) is 53.7 Å². The third kappa shape index (κ3) is 5.31. The van der Waals surface area contributed by atoms with Gasteiger partial charge < -0.3 is 14.8 Å². The lowest BCUT2D eigenvalue weighted by atomic mass is 10.1. The van der Waals surface area contributed by atoms with Crippen molar-refractivity contribution in [2.45, 2.75) is 24.5 Å². The minimum atomic E-state index is -0.0942. The Balaban J connectivity index is 1.26. The lowest BCUT2D eigenvalue weighted by Gasteiger charge is -2.15. The normalized spacial score (nSPS) is 13.4. The number of thioether (sulfide) groups is 1. The molecular weight excluding hydrogens is 446 g/mol. The highest BCUT2D eigenvalue weighted by molar-refractivity contribution is 7.99. The van der Waals surface area contributed by atoms with Crippen LogP contribution < -0.4 is 5.32 Å². The molecule has 9 heteroatoms. The van der Waals surface area contributed by atoms with Crippen LogP contribution in [0.4, 0.5) is 0 Å². The van der Waals surface area contributed by atoms with Gasteiger partial charge in [0.1, 0.15) is 0 Å². The molecule has 2 aromatic carbocycles. The van der Waals surface area contributed by atoms with Gasteiger partial charge in [0, 0.05) is 42.8 Å². The number of carbonyl (C=O) groups is 2. The SMILES string of the molecule is Cn1c(SCC(=O)NCc2ccc(C(=O)N3CCCC3)cc2)nnc1-c1ccc(Cl)cc1. The van der Waals surface area contributed by atoms with Crippen LogP contribution in [0.3, 0.4) is 0 Å². The molecule has 0 unspecified atom stereocenters. The molecule has 1 fully saturated rings. The van der Waals surface area contributed by atoms with Crippen molar-refractivity contribution in [2.75, 3.05) is 18.8 Å². The number of carbonyl (C=O) groups excluding carboxylic acids is 2. The van der Waals surface area contributed by atoms with E-state index in [-0.39, 0.29) is 17.6 Å². The predicted molar refractivity (Wildman–Crippen MR) is 126 cm³/mol. The number of nitrogens with zero attached hydrogens (tertiary/aromatic N) is 4. The van der Waals surface area contributed by atoms with Crippen LogP contribution in [0.2, 0.25) is 5.02 Å². The van der Waals surface area contributed by atoms with Crippen LogP contribution in [-0.2, 0) is 18.4 Å². The molecule has 32 heavy (non-hydrogen) atoms. The van der Waals surface area contributed by atoms with Crippen molar-refractivity contribution >= 4 is 35.2 Å². The summed E-state index contributed by atoms with van der Waals surface area (Å²) < 4.78 is 1.86. The largest absolute Gasteiger partial charge is 0.351 e. The fourth-order valence-corrected chi connectivity index (χ4v) is 4.41. The molecule has 0 atom stereocenters. The lowest BCUT2D eigenvalue weighted by Crippen LogP contribution is -2.27. The standard InChI is InChI=1S/C23H24ClN5O2S/c1-28-21(17-8-10-19(24)11-9-17)26-27-23(28)32-15-20(30)25-14-16-4-6-18(7-5-16)22(31)29-12-2-3-13-29/h4-11H,2-3,12-15H2,1H3,(H,25,30). The average molecular weight is 470 g/mol. The van der Waals surface area contributed by atoms with E-state index in [2.05, 4.69) is 15.5 Å². The number of hydrogen-bond acceptors (Lipinski definition) is 5. The van der Waals surface area contributed by atoms with Crippen molar-refractivity contribution < 1.29 is 9.59 Å². The molecule has 0 spiro atoms. The van der Waals surface area contributed by atoms with Crippen LogP contribution in [0, 0.1) is 0 Å². The zero-order valence-corrected chi connectivity index (χ0v) is 19.3. The molecule has 7 nitrogen and oxygen atoms in total. The van der Waals surface area contributed by atoms with Gasteiger partial charge in [-0.3, -0.25) is 9.59 Å². The van der Waals surface area contributed by atoms with Gasteiger partial charge in [-0.05, 0) is 54.8 Å². The monoisotopic (exact) mass is 469 g/mol. The molecule has 2 amide bonds. The van der Waals surface area contributed by atoms with Crippen molar-refractivity contribution in [3.05, 3.63) is 64.7 Å². The number of nitrogens with one attached hydrogen (secondary N) is 1. The van der Waals surface area contributed by atoms with Crippen molar-refractivity contribution in [1.29, 1.82) is 0 Å². The summed E-state index contributed by atoms with van der Waals surface area (Å²) in [6.45, 7) is 2.08. The van der Waals surface area contributed by atoms with E-state index in [0.717, 1.165) is 37.1 Å². The van der Waals surface area contributed by atoms with Gasteiger partial charge in [-0.15, -0.1) is 10.2 Å². The zero-order valence-electron chi connectivity index (χ0n) is 17.8. The Kier molecular flexibility index (Phi) is 7.12. The summed E-state index contributed by atoms with van der Waals surface area (Å²) in [7, 11) is 1.87. The molecule has 1 aliphatic heterocycles. The van der Waals surface area contributed by atoms with E-state index in [1.54, 1.807) is 12.1 Å². The number of amides is 2. The Morgan fingerprint density at radius 1 is 1.03 bits per heavy atom. The highest BCUT2D eigenvalue weighted by atomic mass is 35.5. The third-order valence-corrected chi connectivity index (χ3v) is 6.63. The van der Waals surface area contributed by atoms with Gasteiger partial charge in [0.25, 0.3) is 5.91 Å². The molecule has 0 aliphatic carbocycles. The quantitative estimate of drug-likeness (QED) is 0.532. The fourth-order valence-electron chi connectivity index (χ4n) is 3.54. The number of aromatic nitrogens is 3. The lowest BCUT2D eigenvalue weighted by molar-refractivity contribution is -0.118. The summed E-state index contributed by atoms with van der Waals surface area (Å²) in [5.74, 6) is 0.936. The summed E-state index contributed by atoms with van der Waals surface area (Å²) in [5.41, 5.74) is 2.55. The minimum absolute atomic E-state index is 0.0798. The highest BCUT2D eigenvalue weighted by Gasteiger charge is 2.19. The van der Waals surface area contributed by atoms with Crippen LogP contribution in [0.1, 0.15) is 28.8 Å². The van der Waals surface area contributed by atoms with Gasteiger partial charge in [0.05, 0.1) is 5.75 Å². The van der Waals surface area contributed by atoms with Crippen molar-refractivity contribution in [3.63, 3.8) is 0 Å². The molecule has 1 aromatic heterocycles. The van der Waals surface area contributed by atoms with Crippen LogP contribution in [0.25, 0.3) is 11.4 Å². The number of benzene rings is 2. The smallest absolute Gasteiger partial charge is 0.253 e. The first-order valence-electron chi connectivity index (χ1n) is 10.4. The van der Waals surface area contributed by atoms with E-state index in [1.807, 2.05) is 52.9 Å². The first-order chi connectivity index (χ1) is 15.5. The minimum Gasteiger partial charge on any atom is -0.351 e. The van der Waals surface area contributed by atoms with Gasteiger partial charge in [-0.25, -0.2) is 0 Å². The van der Waals surface area contributed by atoms with Crippen LogP contribution in [0.5, 0.6) is 0 Å². The average Bonchev–Trinajstić information content (AvgIpc) is 3.47. The Bertz CT molecular complexity index is 1090. The topological polar surface area (TPSA) is 80.1 Å². The molecule has 166 valence electrons. The van der Waals surface area contributed by atoms with E-state index >= 15 is 0 Å². The third-order valence-electron chi connectivity index (χ3n) is 5.35. The fraction of sp³-hybridized carbons (Fsp3) is 0.304. The molecular formula is C23H24ClN5O2S. The van der Waals surface area contributed by atoms with Gasteiger partial charge in [-0.1, -0.05) is 35.5 Å². The molecule has 0 saturated carbocycles. The molecule has 1 N–H and O–H groups in total. The van der Waals surface area contributed by atoms with Crippen molar-refractivity contribution in [2.24, 2.45) is 7.05 Å². The Labute approximate surface area is 196 Å². The first kappa shape index (κ1) is 22.4. The number of likely N-dealkylation sites (tertiary alicyclic amines) is 1. The maximum atomic E-state index is 12.4. The van der Waals surface area contributed by atoms with Crippen LogP contribution >= 0.6 is 23.4 Å². The van der Waals surface area contributed by atoms with E-state index in [4.69, 9.17) is 11.6 Å². The molecule has 2 heterocycles. The second-order valence-electron chi connectivity index (χ2n) is 7.63. The summed E-state index contributed by atoms with van der Waals surface area (Å²) in [6, 6.07) is 14.8. The maximum absolute atomic E-state index is 12.4. The first-order valence-corrected chi connectivity index (χ1v) is 11.8. The van der Waals surface area contributed by atoms with Gasteiger partial charge in [0.15, 0.2) is 11.0 Å². The molecule has 3 aromatic rings. The van der Waals surface area contributed by atoms with E-state index in [9.17, 15) is 9.59 Å². The maximum Gasteiger partial charge on any atom is 0.253 e. The zero-order chi connectivity index (χ0) is 22.5. The summed E-state index contributed by atoms with van der Waals surface area (Å²) in [4.78, 5) is 26.6. The summed E-state index contributed by atoms with van der Waals surface area (Å²) in [5, 5.41) is 12.6. The number of rotatable bonds is 7. The Hall–Kier alpha value is -2.84.